The van der Waals surface area contributed by atoms with Gasteiger partial charge in [-0.25, -0.2) is 9.97 Å². The van der Waals surface area contributed by atoms with Gasteiger partial charge in [0.2, 0.25) is 0 Å². The number of pyridine rings is 1. The van der Waals surface area contributed by atoms with E-state index in [0.717, 1.165) is 5.56 Å². The van der Waals surface area contributed by atoms with Crippen molar-refractivity contribution in [1.29, 1.82) is 5.26 Å². The molecule has 0 aromatic carbocycles. The standard InChI is InChI=1S/C14H13ClN4/c1-14(2,3)13-18-11(5-12(15)19-13)10-4-9(6-16)7-17-8-10/h4-5,7-8H,1-3H3. The van der Waals surface area contributed by atoms with Crippen molar-refractivity contribution in [3.05, 3.63) is 41.1 Å². The number of aromatic nitrogens is 3. The Labute approximate surface area is 117 Å². The summed E-state index contributed by atoms with van der Waals surface area (Å²) >= 11 is 6.04. The van der Waals surface area contributed by atoms with E-state index in [1.54, 1.807) is 18.3 Å². The lowest BCUT2D eigenvalue weighted by Crippen LogP contribution is -2.16. The highest BCUT2D eigenvalue weighted by Gasteiger charge is 2.19. The van der Waals surface area contributed by atoms with E-state index >= 15 is 0 Å². The van der Waals surface area contributed by atoms with Gasteiger partial charge in [-0.05, 0) is 6.07 Å². The van der Waals surface area contributed by atoms with Crippen molar-refractivity contribution in [1.82, 2.24) is 15.0 Å². The van der Waals surface area contributed by atoms with Crippen LogP contribution in [0.4, 0.5) is 0 Å². The van der Waals surface area contributed by atoms with E-state index in [0.29, 0.717) is 22.2 Å². The van der Waals surface area contributed by atoms with Crippen LogP contribution in [-0.4, -0.2) is 15.0 Å². The minimum absolute atomic E-state index is 0.195. The lowest BCUT2D eigenvalue weighted by Gasteiger charge is -2.17. The van der Waals surface area contributed by atoms with Crippen molar-refractivity contribution in [2.45, 2.75) is 26.2 Å². The first-order chi connectivity index (χ1) is 8.90. The van der Waals surface area contributed by atoms with Crippen LogP contribution in [0.5, 0.6) is 0 Å². The van der Waals surface area contributed by atoms with Gasteiger partial charge in [0.25, 0.3) is 0 Å². The number of nitriles is 1. The predicted molar refractivity (Wildman–Crippen MR) is 73.7 cm³/mol. The smallest absolute Gasteiger partial charge is 0.136 e. The highest BCUT2D eigenvalue weighted by molar-refractivity contribution is 6.29. The third-order valence-corrected chi connectivity index (χ3v) is 2.72. The molecule has 96 valence electrons. The number of hydrogen-bond donors (Lipinski definition) is 0. The number of rotatable bonds is 1. The molecular formula is C14H13ClN4. The van der Waals surface area contributed by atoms with Crippen LogP contribution in [0.2, 0.25) is 5.15 Å². The maximum absolute atomic E-state index is 8.90. The van der Waals surface area contributed by atoms with Gasteiger partial charge in [-0.15, -0.1) is 0 Å². The average Bonchev–Trinajstić information content (AvgIpc) is 2.37. The van der Waals surface area contributed by atoms with Crippen molar-refractivity contribution in [3.8, 4) is 17.3 Å². The van der Waals surface area contributed by atoms with Crippen LogP contribution in [0.3, 0.4) is 0 Å². The zero-order chi connectivity index (χ0) is 14.0. The molecule has 2 aromatic rings. The molecule has 0 unspecified atom stereocenters. The van der Waals surface area contributed by atoms with Gasteiger partial charge in [0.1, 0.15) is 17.0 Å². The van der Waals surface area contributed by atoms with Crippen molar-refractivity contribution >= 4 is 11.6 Å². The minimum atomic E-state index is -0.195. The zero-order valence-corrected chi connectivity index (χ0v) is 11.7. The first-order valence-corrected chi connectivity index (χ1v) is 6.18. The maximum Gasteiger partial charge on any atom is 0.136 e. The van der Waals surface area contributed by atoms with Gasteiger partial charge < -0.3 is 0 Å². The molecule has 0 atom stereocenters. The normalized spacial score (nSPS) is 11.1. The molecule has 0 aliphatic heterocycles. The zero-order valence-electron chi connectivity index (χ0n) is 11.0. The Hall–Kier alpha value is -1.99. The lowest BCUT2D eigenvalue weighted by molar-refractivity contribution is 0.546. The summed E-state index contributed by atoms with van der Waals surface area (Å²) in [6.45, 7) is 6.06. The Balaban J connectivity index is 2.57. The molecule has 0 amide bonds. The van der Waals surface area contributed by atoms with E-state index in [1.165, 1.54) is 6.20 Å². The summed E-state index contributed by atoms with van der Waals surface area (Å²) in [4.78, 5) is 12.8. The van der Waals surface area contributed by atoms with Gasteiger partial charge in [0.15, 0.2) is 0 Å². The second-order valence-corrected chi connectivity index (χ2v) is 5.61. The summed E-state index contributed by atoms with van der Waals surface area (Å²) in [5.41, 5.74) is 1.73. The van der Waals surface area contributed by atoms with Crippen LogP contribution < -0.4 is 0 Å². The van der Waals surface area contributed by atoms with E-state index in [2.05, 4.69) is 21.0 Å². The third kappa shape index (κ3) is 3.07. The first-order valence-electron chi connectivity index (χ1n) is 5.81. The Morgan fingerprint density at radius 2 is 1.89 bits per heavy atom. The molecule has 0 spiro atoms. The quantitative estimate of drug-likeness (QED) is 0.747. The van der Waals surface area contributed by atoms with Gasteiger partial charge in [0, 0.05) is 29.4 Å². The topological polar surface area (TPSA) is 62.5 Å². The molecule has 5 heteroatoms. The molecule has 0 saturated carbocycles. The SMILES string of the molecule is CC(C)(C)c1nc(Cl)cc(-c2cncc(C#N)c2)n1. The Kier molecular flexibility index (Phi) is 3.50. The molecule has 0 aliphatic carbocycles. The summed E-state index contributed by atoms with van der Waals surface area (Å²) in [5, 5.41) is 9.28. The van der Waals surface area contributed by atoms with Gasteiger partial charge in [-0.2, -0.15) is 5.26 Å². The van der Waals surface area contributed by atoms with E-state index in [4.69, 9.17) is 16.9 Å². The van der Waals surface area contributed by atoms with E-state index < -0.39 is 0 Å². The molecule has 0 radical (unpaired) electrons. The van der Waals surface area contributed by atoms with E-state index in [9.17, 15) is 0 Å². The van der Waals surface area contributed by atoms with E-state index in [1.807, 2.05) is 20.8 Å². The molecule has 0 fully saturated rings. The van der Waals surface area contributed by atoms with Crippen LogP contribution in [0, 0.1) is 11.3 Å². The largest absolute Gasteiger partial charge is 0.263 e. The Bertz CT molecular complexity index is 653. The monoisotopic (exact) mass is 272 g/mol. The first kappa shape index (κ1) is 13.4. The summed E-state index contributed by atoms with van der Waals surface area (Å²) < 4.78 is 0. The van der Waals surface area contributed by atoms with Crippen LogP contribution >= 0.6 is 11.6 Å². The molecular weight excluding hydrogens is 260 g/mol. The molecule has 2 aromatic heterocycles. The lowest BCUT2D eigenvalue weighted by atomic mass is 9.95. The molecule has 0 N–H and O–H groups in total. The average molecular weight is 273 g/mol. The molecule has 4 nitrogen and oxygen atoms in total. The van der Waals surface area contributed by atoms with Gasteiger partial charge in [-0.3, -0.25) is 4.98 Å². The van der Waals surface area contributed by atoms with E-state index in [-0.39, 0.29) is 5.41 Å². The number of halogens is 1. The molecule has 0 bridgehead atoms. The molecule has 2 heterocycles. The van der Waals surface area contributed by atoms with Gasteiger partial charge in [-0.1, -0.05) is 32.4 Å². The highest BCUT2D eigenvalue weighted by Crippen LogP contribution is 2.25. The van der Waals surface area contributed by atoms with Gasteiger partial charge >= 0.3 is 0 Å². The van der Waals surface area contributed by atoms with Crippen molar-refractivity contribution in [2.24, 2.45) is 0 Å². The molecule has 19 heavy (non-hydrogen) atoms. The highest BCUT2D eigenvalue weighted by atomic mass is 35.5. The van der Waals surface area contributed by atoms with Crippen LogP contribution in [0.25, 0.3) is 11.3 Å². The maximum atomic E-state index is 8.90. The molecule has 0 saturated heterocycles. The van der Waals surface area contributed by atoms with Crippen molar-refractivity contribution in [2.75, 3.05) is 0 Å². The Morgan fingerprint density at radius 1 is 1.16 bits per heavy atom. The second-order valence-electron chi connectivity index (χ2n) is 5.22. The molecule has 0 aliphatic rings. The number of hydrogen-bond acceptors (Lipinski definition) is 4. The Morgan fingerprint density at radius 3 is 2.53 bits per heavy atom. The van der Waals surface area contributed by atoms with Crippen LogP contribution in [-0.2, 0) is 5.41 Å². The summed E-state index contributed by atoms with van der Waals surface area (Å²) in [7, 11) is 0. The summed E-state index contributed by atoms with van der Waals surface area (Å²) in [5.74, 6) is 0.664. The van der Waals surface area contributed by atoms with Crippen LogP contribution in [0.15, 0.2) is 24.5 Å². The van der Waals surface area contributed by atoms with Crippen molar-refractivity contribution in [3.63, 3.8) is 0 Å². The van der Waals surface area contributed by atoms with Crippen LogP contribution in [0.1, 0.15) is 32.2 Å². The second kappa shape index (κ2) is 4.94. The van der Waals surface area contributed by atoms with Gasteiger partial charge in [0.05, 0.1) is 11.3 Å². The minimum Gasteiger partial charge on any atom is -0.263 e. The predicted octanol–water partition coefficient (Wildman–Crippen LogP) is 3.36. The fourth-order valence-corrected chi connectivity index (χ4v) is 1.73. The van der Waals surface area contributed by atoms with Crippen molar-refractivity contribution < 1.29 is 0 Å². The number of nitrogens with zero attached hydrogens (tertiary/aromatic N) is 4. The summed E-state index contributed by atoms with van der Waals surface area (Å²) in [6, 6.07) is 5.47. The fraction of sp³-hybridized carbons (Fsp3) is 0.286. The summed E-state index contributed by atoms with van der Waals surface area (Å²) in [6.07, 6.45) is 3.17. The third-order valence-electron chi connectivity index (χ3n) is 2.53. The fourth-order valence-electron chi connectivity index (χ4n) is 1.54. The molecule has 2 rings (SSSR count).